The summed E-state index contributed by atoms with van der Waals surface area (Å²) in [6.45, 7) is 1.20. The third-order valence-electron chi connectivity index (χ3n) is 4.98. The largest absolute Gasteiger partial charge is 0.346 e. The quantitative estimate of drug-likeness (QED) is 0.696. The number of nitrogens with one attached hydrogen (secondary N) is 2. The highest BCUT2D eigenvalue weighted by molar-refractivity contribution is 5.98. The van der Waals surface area contributed by atoms with E-state index in [1.807, 2.05) is 53.4 Å². The normalized spacial score (nSPS) is 16.4. The van der Waals surface area contributed by atoms with E-state index in [0.29, 0.717) is 30.9 Å². The van der Waals surface area contributed by atoms with Gasteiger partial charge in [-0.15, -0.1) is 0 Å². The molecule has 6 heteroatoms. The molecule has 2 heterocycles. The first-order valence-corrected chi connectivity index (χ1v) is 9.42. The first kappa shape index (κ1) is 18.0. The molecule has 0 spiro atoms. The smallest absolute Gasteiger partial charge is 0.270 e. The lowest BCUT2D eigenvalue weighted by Gasteiger charge is -2.17. The molecule has 142 valence electrons. The Labute approximate surface area is 163 Å². The number of nitrogens with zero attached hydrogens (tertiary/aromatic N) is 2. The Balaban J connectivity index is 1.37. The van der Waals surface area contributed by atoms with Crippen LogP contribution in [0.25, 0.3) is 11.3 Å². The van der Waals surface area contributed by atoms with Gasteiger partial charge in [-0.2, -0.15) is 0 Å². The van der Waals surface area contributed by atoms with Crippen molar-refractivity contribution in [2.75, 3.05) is 13.1 Å². The maximum absolute atomic E-state index is 12.7. The van der Waals surface area contributed by atoms with Gasteiger partial charge in [0.25, 0.3) is 5.91 Å². The summed E-state index contributed by atoms with van der Waals surface area (Å²) in [6, 6.07) is 19.5. The fourth-order valence-electron chi connectivity index (χ4n) is 3.53. The van der Waals surface area contributed by atoms with Crippen LogP contribution in [0.15, 0.2) is 67.0 Å². The molecule has 1 atom stereocenters. The van der Waals surface area contributed by atoms with Crippen molar-refractivity contribution >= 4 is 11.8 Å². The molecule has 4 rings (SSSR count). The van der Waals surface area contributed by atoms with E-state index >= 15 is 0 Å². The molecular weight excluding hydrogens is 352 g/mol. The van der Waals surface area contributed by atoms with Crippen LogP contribution in [0.5, 0.6) is 0 Å². The van der Waals surface area contributed by atoms with Gasteiger partial charge >= 0.3 is 0 Å². The predicted octanol–water partition coefficient (Wildman–Crippen LogP) is 2.65. The van der Waals surface area contributed by atoms with Crippen LogP contribution in [-0.4, -0.2) is 45.8 Å². The average Bonchev–Trinajstić information content (AvgIpc) is 3.35. The molecule has 1 saturated heterocycles. The molecule has 2 N–H and O–H groups in total. The molecule has 3 aromatic rings. The van der Waals surface area contributed by atoms with Gasteiger partial charge in [0.2, 0.25) is 5.91 Å². The van der Waals surface area contributed by atoms with Crippen molar-refractivity contribution in [3.05, 3.63) is 78.2 Å². The number of likely N-dealkylation sites (tertiary alicyclic amines) is 1. The van der Waals surface area contributed by atoms with Gasteiger partial charge in [-0.3, -0.25) is 9.59 Å². The fourth-order valence-corrected chi connectivity index (χ4v) is 3.53. The van der Waals surface area contributed by atoms with Crippen LogP contribution in [0.3, 0.4) is 0 Å². The minimum absolute atomic E-state index is 0.0779. The number of amides is 2. The van der Waals surface area contributed by atoms with Gasteiger partial charge in [0.15, 0.2) is 0 Å². The minimum Gasteiger partial charge on any atom is -0.346 e. The number of imidazole rings is 1. The summed E-state index contributed by atoms with van der Waals surface area (Å²) in [7, 11) is 0. The number of hydrogen-bond donors (Lipinski definition) is 2. The summed E-state index contributed by atoms with van der Waals surface area (Å²) < 4.78 is 0. The second kappa shape index (κ2) is 8.08. The van der Waals surface area contributed by atoms with Crippen molar-refractivity contribution in [1.29, 1.82) is 0 Å². The summed E-state index contributed by atoms with van der Waals surface area (Å²) in [5, 5.41) is 2.98. The number of carbonyl (C=O) groups is 2. The lowest BCUT2D eigenvalue weighted by atomic mass is 10.1. The highest BCUT2D eigenvalue weighted by Crippen LogP contribution is 2.20. The zero-order chi connectivity index (χ0) is 19.3. The third-order valence-corrected chi connectivity index (χ3v) is 4.98. The lowest BCUT2D eigenvalue weighted by molar-refractivity contribution is -0.127. The number of aromatic nitrogens is 2. The highest BCUT2D eigenvalue weighted by Gasteiger charge is 2.31. The Morgan fingerprint density at radius 3 is 2.57 bits per heavy atom. The van der Waals surface area contributed by atoms with E-state index in [4.69, 9.17) is 0 Å². The molecule has 1 aliphatic heterocycles. The Kier molecular flexibility index (Phi) is 5.19. The van der Waals surface area contributed by atoms with Crippen LogP contribution < -0.4 is 5.32 Å². The number of H-pyrrole nitrogens is 1. The van der Waals surface area contributed by atoms with Gasteiger partial charge in [0.05, 0.1) is 12.4 Å². The summed E-state index contributed by atoms with van der Waals surface area (Å²) >= 11 is 0. The maximum atomic E-state index is 12.7. The van der Waals surface area contributed by atoms with E-state index in [9.17, 15) is 9.59 Å². The summed E-state index contributed by atoms with van der Waals surface area (Å²) in [4.78, 5) is 34.1. The summed E-state index contributed by atoms with van der Waals surface area (Å²) in [6.07, 6.45) is 2.66. The molecule has 1 fully saturated rings. The molecular formula is C22H22N4O2. The summed E-state index contributed by atoms with van der Waals surface area (Å²) in [5.74, 6) is -0.159. The van der Waals surface area contributed by atoms with Crippen LogP contribution in [0.1, 0.15) is 22.5 Å². The Bertz CT molecular complexity index is 953. The molecule has 1 aliphatic rings. The lowest BCUT2D eigenvalue weighted by Crippen LogP contribution is -2.37. The number of carbonyl (C=O) groups excluding carboxylic acids is 2. The number of hydrogen-bond acceptors (Lipinski definition) is 3. The third kappa shape index (κ3) is 3.96. The van der Waals surface area contributed by atoms with Gasteiger partial charge in [-0.05, 0) is 12.0 Å². The van der Waals surface area contributed by atoms with Gasteiger partial charge in [0, 0.05) is 25.1 Å². The van der Waals surface area contributed by atoms with Crippen LogP contribution in [-0.2, 0) is 11.2 Å². The molecule has 0 bridgehead atoms. The molecule has 1 unspecified atom stereocenters. The van der Waals surface area contributed by atoms with Crippen molar-refractivity contribution < 1.29 is 9.59 Å². The van der Waals surface area contributed by atoms with E-state index in [1.165, 1.54) is 11.9 Å². The minimum atomic E-state index is -0.237. The highest BCUT2D eigenvalue weighted by atomic mass is 16.2. The van der Waals surface area contributed by atoms with Gasteiger partial charge in [-0.1, -0.05) is 60.7 Å². The van der Waals surface area contributed by atoms with E-state index < -0.39 is 0 Å². The zero-order valence-corrected chi connectivity index (χ0v) is 15.5. The van der Waals surface area contributed by atoms with Gasteiger partial charge in [-0.25, -0.2) is 4.98 Å². The van der Waals surface area contributed by atoms with E-state index in [1.54, 1.807) is 0 Å². The average molecular weight is 374 g/mol. The Morgan fingerprint density at radius 2 is 1.82 bits per heavy atom. The first-order valence-electron chi connectivity index (χ1n) is 9.42. The monoisotopic (exact) mass is 374 g/mol. The van der Waals surface area contributed by atoms with E-state index in [0.717, 1.165) is 12.0 Å². The molecule has 2 aromatic carbocycles. The van der Waals surface area contributed by atoms with Crippen LogP contribution in [0, 0.1) is 0 Å². The van der Waals surface area contributed by atoms with Crippen LogP contribution >= 0.6 is 0 Å². The molecule has 2 amide bonds. The van der Waals surface area contributed by atoms with E-state index in [-0.39, 0.29) is 17.9 Å². The maximum Gasteiger partial charge on any atom is 0.270 e. The zero-order valence-electron chi connectivity index (χ0n) is 15.5. The van der Waals surface area contributed by atoms with Crippen molar-refractivity contribution in [2.24, 2.45) is 0 Å². The molecule has 6 nitrogen and oxygen atoms in total. The van der Waals surface area contributed by atoms with Crippen molar-refractivity contribution in [3.8, 4) is 11.3 Å². The van der Waals surface area contributed by atoms with Crippen molar-refractivity contribution in [3.63, 3.8) is 0 Å². The number of benzene rings is 2. The molecule has 0 radical (unpaired) electrons. The molecule has 1 aromatic heterocycles. The SMILES string of the molecule is O=C(NC1CC(=O)N(CCc2ccccc2)C1)c1[nH]cnc1-c1ccccc1. The number of aromatic amines is 1. The Hall–Kier alpha value is -3.41. The van der Waals surface area contributed by atoms with Crippen molar-refractivity contribution in [1.82, 2.24) is 20.2 Å². The van der Waals surface area contributed by atoms with Crippen LogP contribution in [0.2, 0.25) is 0 Å². The summed E-state index contributed by atoms with van der Waals surface area (Å²) in [5.41, 5.74) is 3.11. The molecule has 28 heavy (non-hydrogen) atoms. The topological polar surface area (TPSA) is 78.1 Å². The number of rotatable bonds is 6. The second-order valence-electron chi connectivity index (χ2n) is 6.94. The van der Waals surface area contributed by atoms with Crippen LogP contribution in [0.4, 0.5) is 0 Å². The van der Waals surface area contributed by atoms with Crippen molar-refractivity contribution in [2.45, 2.75) is 18.9 Å². The van der Waals surface area contributed by atoms with E-state index in [2.05, 4.69) is 27.4 Å². The fraction of sp³-hybridized carbons (Fsp3) is 0.227. The predicted molar refractivity (Wildman–Crippen MR) is 107 cm³/mol. The van der Waals surface area contributed by atoms with Gasteiger partial charge in [0.1, 0.15) is 11.4 Å². The first-order chi connectivity index (χ1) is 13.7. The molecule has 0 saturated carbocycles. The Morgan fingerprint density at radius 1 is 1.11 bits per heavy atom. The molecule has 0 aliphatic carbocycles. The standard InChI is InChI=1S/C22H22N4O2/c27-19-13-18(14-26(19)12-11-16-7-3-1-4-8-16)25-22(28)21-20(23-15-24-21)17-9-5-2-6-10-17/h1-10,15,18H,11-14H2,(H,23,24)(H,25,28). The second-order valence-corrected chi connectivity index (χ2v) is 6.94. The van der Waals surface area contributed by atoms with Gasteiger partial charge < -0.3 is 15.2 Å².